The normalized spacial score (nSPS) is 13.4. The first-order valence-corrected chi connectivity index (χ1v) is 6.62. The van der Waals surface area contributed by atoms with Crippen LogP contribution in [0.1, 0.15) is 36.7 Å². The van der Waals surface area contributed by atoms with Gasteiger partial charge in [-0.3, -0.25) is 9.59 Å². The lowest BCUT2D eigenvalue weighted by atomic mass is 9.80. The summed E-state index contributed by atoms with van der Waals surface area (Å²) in [6.45, 7) is 4.46. The molecule has 1 aromatic rings. The molecule has 1 rings (SSSR count). The van der Waals surface area contributed by atoms with Crippen molar-refractivity contribution in [2.75, 3.05) is 0 Å². The molecule has 0 amide bonds. The highest BCUT2D eigenvalue weighted by molar-refractivity contribution is 6.30. The van der Waals surface area contributed by atoms with E-state index in [-0.39, 0.29) is 5.02 Å². The molecular formula is C15H13ClF3NO2. The summed E-state index contributed by atoms with van der Waals surface area (Å²) in [5.41, 5.74) is -3.02. The lowest BCUT2D eigenvalue weighted by Gasteiger charge is -2.20. The molecule has 0 aliphatic heterocycles. The zero-order valence-corrected chi connectivity index (χ0v) is 12.8. The van der Waals surface area contributed by atoms with Crippen molar-refractivity contribution in [2.24, 2.45) is 11.3 Å². The first-order valence-electron chi connectivity index (χ1n) is 6.24. The molecule has 0 spiro atoms. The summed E-state index contributed by atoms with van der Waals surface area (Å²) in [5, 5.41) is 8.85. The lowest BCUT2D eigenvalue weighted by molar-refractivity contribution is -0.138. The number of alkyl halides is 3. The predicted molar refractivity (Wildman–Crippen MR) is 74.3 cm³/mol. The minimum atomic E-state index is -4.82. The van der Waals surface area contributed by atoms with Crippen molar-refractivity contribution in [1.29, 1.82) is 5.26 Å². The minimum Gasteiger partial charge on any atom is -0.297 e. The van der Waals surface area contributed by atoms with Crippen molar-refractivity contribution >= 4 is 23.2 Å². The van der Waals surface area contributed by atoms with E-state index in [4.69, 9.17) is 16.9 Å². The third-order valence-corrected chi connectivity index (χ3v) is 3.18. The van der Waals surface area contributed by atoms with Crippen molar-refractivity contribution in [1.82, 2.24) is 0 Å². The molecule has 0 fully saturated rings. The number of hydrogen-bond donors (Lipinski definition) is 0. The number of carbonyl (C=O) groups is 2. The first kappa shape index (κ1) is 18.2. The Kier molecular flexibility index (Phi) is 5.03. The van der Waals surface area contributed by atoms with Gasteiger partial charge in [-0.15, -0.1) is 0 Å². The predicted octanol–water partition coefficient (Wildman–Crippen LogP) is 4.30. The molecule has 0 saturated heterocycles. The molecule has 0 aliphatic rings. The second-order valence-electron chi connectivity index (χ2n) is 5.73. The van der Waals surface area contributed by atoms with Crippen molar-refractivity contribution in [2.45, 2.75) is 26.9 Å². The molecule has 0 bridgehead atoms. The van der Waals surface area contributed by atoms with E-state index in [0.717, 1.165) is 12.1 Å². The Balaban J connectivity index is 3.40. The Morgan fingerprint density at radius 1 is 1.23 bits per heavy atom. The highest BCUT2D eigenvalue weighted by Gasteiger charge is 2.40. The number of benzene rings is 1. The van der Waals surface area contributed by atoms with Gasteiger partial charge in [-0.25, -0.2) is 0 Å². The topological polar surface area (TPSA) is 57.9 Å². The second kappa shape index (κ2) is 6.09. The van der Waals surface area contributed by atoms with Gasteiger partial charge in [0, 0.05) is 16.0 Å². The van der Waals surface area contributed by atoms with E-state index in [9.17, 15) is 22.8 Å². The van der Waals surface area contributed by atoms with Crippen molar-refractivity contribution in [3.8, 4) is 6.07 Å². The molecule has 1 atom stereocenters. The molecule has 3 nitrogen and oxygen atoms in total. The largest absolute Gasteiger partial charge is 0.417 e. The molecule has 0 radical (unpaired) electrons. The van der Waals surface area contributed by atoms with E-state index in [1.807, 2.05) is 0 Å². The van der Waals surface area contributed by atoms with Crippen LogP contribution in [0.3, 0.4) is 0 Å². The third-order valence-electron chi connectivity index (χ3n) is 2.95. The smallest absolute Gasteiger partial charge is 0.297 e. The molecule has 0 aromatic heterocycles. The van der Waals surface area contributed by atoms with Crippen LogP contribution in [0, 0.1) is 22.7 Å². The van der Waals surface area contributed by atoms with Crippen molar-refractivity contribution in [3.05, 3.63) is 34.3 Å². The molecule has 1 unspecified atom stereocenters. The van der Waals surface area contributed by atoms with Gasteiger partial charge in [0.1, 0.15) is 0 Å². The standard InChI is InChI=1S/C15H13ClF3NO2/c1-14(2,3)13(22)10(7-20)12(21)9-5-4-8(16)6-11(9)15(17,18)19/h4-6,10H,1-3H3. The summed E-state index contributed by atoms with van der Waals surface area (Å²) in [4.78, 5) is 24.3. The van der Waals surface area contributed by atoms with Gasteiger partial charge >= 0.3 is 6.18 Å². The van der Waals surface area contributed by atoms with Crippen LogP contribution < -0.4 is 0 Å². The van der Waals surface area contributed by atoms with Gasteiger partial charge in [-0.05, 0) is 18.2 Å². The van der Waals surface area contributed by atoms with Crippen LogP contribution in [0.25, 0.3) is 0 Å². The number of hydrogen-bond acceptors (Lipinski definition) is 3. The van der Waals surface area contributed by atoms with Crippen molar-refractivity contribution in [3.63, 3.8) is 0 Å². The van der Waals surface area contributed by atoms with Crippen LogP contribution in [-0.4, -0.2) is 11.6 Å². The van der Waals surface area contributed by atoms with E-state index in [0.29, 0.717) is 6.07 Å². The monoisotopic (exact) mass is 331 g/mol. The van der Waals surface area contributed by atoms with E-state index in [2.05, 4.69) is 0 Å². The first-order chi connectivity index (χ1) is 9.89. The van der Waals surface area contributed by atoms with E-state index >= 15 is 0 Å². The molecular weight excluding hydrogens is 319 g/mol. The number of Topliss-reactive ketones (excluding diaryl/α,β-unsaturated/α-hetero) is 2. The second-order valence-corrected chi connectivity index (χ2v) is 6.16. The molecule has 0 saturated carbocycles. The quantitative estimate of drug-likeness (QED) is 0.613. The van der Waals surface area contributed by atoms with Crippen LogP contribution in [0.15, 0.2) is 18.2 Å². The summed E-state index contributed by atoms with van der Waals surface area (Å²) < 4.78 is 39.0. The Bertz CT molecular complexity index is 654. The maximum absolute atomic E-state index is 13.0. The molecule has 0 aliphatic carbocycles. The van der Waals surface area contributed by atoms with Crippen LogP contribution in [0.2, 0.25) is 5.02 Å². The van der Waals surface area contributed by atoms with Gasteiger partial charge in [0.05, 0.1) is 11.6 Å². The summed E-state index contributed by atoms with van der Waals surface area (Å²) in [5.74, 6) is -3.70. The van der Waals surface area contributed by atoms with Gasteiger partial charge in [0.2, 0.25) is 0 Å². The van der Waals surface area contributed by atoms with E-state index in [1.165, 1.54) is 26.8 Å². The number of nitriles is 1. The summed E-state index contributed by atoms with van der Waals surface area (Å²) in [6.07, 6.45) is -4.82. The average molecular weight is 332 g/mol. The SMILES string of the molecule is CC(C)(C)C(=O)C(C#N)C(=O)c1ccc(Cl)cc1C(F)(F)F. The fourth-order valence-electron chi connectivity index (χ4n) is 1.79. The zero-order chi connectivity index (χ0) is 17.3. The van der Waals surface area contributed by atoms with Gasteiger partial charge in [0.15, 0.2) is 17.5 Å². The number of halogens is 4. The van der Waals surface area contributed by atoms with Gasteiger partial charge in [0.25, 0.3) is 0 Å². The highest BCUT2D eigenvalue weighted by atomic mass is 35.5. The number of ketones is 2. The summed E-state index contributed by atoms with van der Waals surface area (Å²) in [7, 11) is 0. The van der Waals surface area contributed by atoms with Crippen LogP contribution in [0.5, 0.6) is 0 Å². The third kappa shape index (κ3) is 3.86. The van der Waals surface area contributed by atoms with Gasteiger partial charge in [-0.1, -0.05) is 32.4 Å². The van der Waals surface area contributed by atoms with Crippen LogP contribution in [0.4, 0.5) is 13.2 Å². The summed E-state index contributed by atoms with van der Waals surface area (Å²) in [6, 6.07) is 4.10. The Morgan fingerprint density at radius 2 is 1.77 bits per heavy atom. The molecule has 118 valence electrons. The Morgan fingerprint density at radius 3 is 2.18 bits per heavy atom. The zero-order valence-electron chi connectivity index (χ0n) is 12.1. The molecule has 0 heterocycles. The fourth-order valence-corrected chi connectivity index (χ4v) is 1.96. The molecule has 22 heavy (non-hydrogen) atoms. The lowest BCUT2D eigenvalue weighted by Crippen LogP contribution is -2.33. The minimum absolute atomic E-state index is 0.195. The average Bonchev–Trinajstić information content (AvgIpc) is 2.37. The summed E-state index contributed by atoms with van der Waals surface area (Å²) >= 11 is 5.53. The van der Waals surface area contributed by atoms with E-state index < -0.39 is 40.2 Å². The molecule has 1 aromatic carbocycles. The van der Waals surface area contributed by atoms with Gasteiger partial charge in [-0.2, -0.15) is 18.4 Å². The van der Waals surface area contributed by atoms with Crippen LogP contribution >= 0.6 is 11.6 Å². The maximum atomic E-state index is 13.0. The van der Waals surface area contributed by atoms with Gasteiger partial charge < -0.3 is 0 Å². The number of rotatable bonds is 3. The van der Waals surface area contributed by atoms with Crippen molar-refractivity contribution < 1.29 is 22.8 Å². The van der Waals surface area contributed by atoms with E-state index in [1.54, 1.807) is 0 Å². The maximum Gasteiger partial charge on any atom is 0.417 e. The Hall–Kier alpha value is -1.87. The fraction of sp³-hybridized carbons (Fsp3) is 0.400. The molecule has 7 heteroatoms. The number of carbonyl (C=O) groups excluding carboxylic acids is 2. The molecule has 0 N–H and O–H groups in total. The highest BCUT2D eigenvalue weighted by Crippen LogP contribution is 2.35. The number of nitrogens with zero attached hydrogens (tertiary/aromatic N) is 1. The van der Waals surface area contributed by atoms with Crippen LogP contribution in [-0.2, 0) is 11.0 Å². The Labute approximate surface area is 130 Å².